The number of hydrogen-bond donors (Lipinski definition) is 2. The third kappa shape index (κ3) is 3.96. The van der Waals surface area contributed by atoms with E-state index in [4.69, 9.17) is 33.8 Å². The van der Waals surface area contributed by atoms with Gasteiger partial charge in [-0.15, -0.1) is 11.3 Å². The van der Waals surface area contributed by atoms with Crippen molar-refractivity contribution in [3.63, 3.8) is 0 Å². The SMILES string of the molecule is CC(NOCC(N)=O)c1cc(Cl)sc1Cl. The van der Waals surface area contributed by atoms with Crippen molar-refractivity contribution in [1.82, 2.24) is 5.48 Å². The van der Waals surface area contributed by atoms with E-state index in [2.05, 4.69) is 5.48 Å². The van der Waals surface area contributed by atoms with Crippen LogP contribution in [0, 0.1) is 0 Å². The van der Waals surface area contributed by atoms with E-state index in [1.807, 2.05) is 6.92 Å². The van der Waals surface area contributed by atoms with Crippen LogP contribution in [0.5, 0.6) is 0 Å². The maximum atomic E-state index is 10.4. The Balaban J connectivity index is 2.50. The molecule has 0 aliphatic rings. The first-order valence-corrected chi connectivity index (χ1v) is 5.68. The highest BCUT2D eigenvalue weighted by atomic mass is 35.5. The monoisotopic (exact) mass is 268 g/mol. The molecule has 1 unspecified atom stereocenters. The number of thiophene rings is 1. The summed E-state index contributed by atoms with van der Waals surface area (Å²) in [4.78, 5) is 15.3. The molecule has 4 nitrogen and oxygen atoms in total. The van der Waals surface area contributed by atoms with Gasteiger partial charge in [-0.1, -0.05) is 23.2 Å². The number of nitrogens with two attached hydrogens (primary N) is 1. The van der Waals surface area contributed by atoms with E-state index < -0.39 is 5.91 Å². The van der Waals surface area contributed by atoms with Crippen LogP contribution in [0.1, 0.15) is 18.5 Å². The molecule has 0 fully saturated rings. The van der Waals surface area contributed by atoms with Crippen molar-refractivity contribution in [3.8, 4) is 0 Å². The van der Waals surface area contributed by atoms with E-state index in [0.29, 0.717) is 8.67 Å². The first-order valence-electron chi connectivity index (χ1n) is 4.11. The average molecular weight is 269 g/mol. The summed E-state index contributed by atoms with van der Waals surface area (Å²) >= 11 is 13.0. The van der Waals surface area contributed by atoms with Crippen molar-refractivity contribution < 1.29 is 9.63 Å². The number of hydroxylamine groups is 1. The van der Waals surface area contributed by atoms with E-state index in [1.54, 1.807) is 6.07 Å². The summed E-state index contributed by atoms with van der Waals surface area (Å²) in [6, 6.07) is 1.60. The lowest BCUT2D eigenvalue weighted by atomic mass is 10.2. The topological polar surface area (TPSA) is 64.3 Å². The smallest absolute Gasteiger partial charge is 0.245 e. The molecule has 0 saturated carbocycles. The second-order valence-electron chi connectivity index (χ2n) is 2.87. The molecule has 1 atom stereocenters. The molecule has 1 aromatic rings. The van der Waals surface area contributed by atoms with E-state index >= 15 is 0 Å². The Bertz CT molecular complexity index is 356. The van der Waals surface area contributed by atoms with Crippen LogP contribution in [0.25, 0.3) is 0 Å². The summed E-state index contributed by atoms with van der Waals surface area (Å²) < 4.78 is 1.21. The highest BCUT2D eigenvalue weighted by Crippen LogP contribution is 2.34. The molecule has 1 rings (SSSR count). The van der Waals surface area contributed by atoms with Gasteiger partial charge in [0.05, 0.1) is 14.7 Å². The number of primary amides is 1. The molecule has 15 heavy (non-hydrogen) atoms. The summed E-state index contributed by atoms with van der Waals surface area (Å²) in [5, 5.41) is 0. The van der Waals surface area contributed by atoms with Crippen molar-refractivity contribution >= 4 is 40.4 Å². The Labute approximate surface area is 101 Å². The van der Waals surface area contributed by atoms with Gasteiger partial charge >= 0.3 is 0 Å². The van der Waals surface area contributed by atoms with Crippen LogP contribution in [-0.4, -0.2) is 12.5 Å². The molecule has 0 saturated heterocycles. The Morgan fingerprint density at radius 3 is 2.87 bits per heavy atom. The summed E-state index contributed by atoms with van der Waals surface area (Å²) in [5.74, 6) is -0.538. The maximum Gasteiger partial charge on any atom is 0.245 e. The average Bonchev–Trinajstić information content (AvgIpc) is 2.44. The molecule has 0 aliphatic carbocycles. The summed E-state index contributed by atoms with van der Waals surface area (Å²) in [6.07, 6.45) is 0. The van der Waals surface area contributed by atoms with Gasteiger partial charge in [0.2, 0.25) is 5.91 Å². The van der Waals surface area contributed by atoms with Crippen LogP contribution in [0.3, 0.4) is 0 Å². The lowest BCUT2D eigenvalue weighted by Gasteiger charge is -2.11. The minimum Gasteiger partial charge on any atom is -0.368 e. The Morgan fingerprint density at radius 1 is 1.73 bits per heavy atom. The third-order valence-electron chi connectivity index (χ3n) is 1.62. The lowest BCUT2D eigenvalue weighted by Crippen LogP contribution is -2.26. The summed E-state index contributed by atoms with van der Waals surface area (Å²) in [5.41, 5.74) is 8.38. The van der Waals surface area contributed by atoms with Crippen molar-refractivity contribution in [2.45, 2.75) is 13.0 Å². The molecule has 1 heterocycles. The van der Waals surface area contributed by atoms with Gasteiger partial charge in [-0.05, 0) is 13.0 Å². The predicted octanol–water partition coefficient (Wildman–Crippen LogP) is 2.12. The fraction of sp³-hybridized carbons (Fsp3) is 0.375. The van der Waals surface area contributed by atoms with E-state index in [1.165, 1.54) is 11.3 Å². The van der Waals surface area contributed by atoms with Gasteiger partial charge in [0.15, 0.2) is 0 Å². The van der Waals surface area contributed by atoms with Gasteiger partial charge in [-0.3, -0.25) is 9.63 Å². The van der Waals surface area contributed by atoms with Crippen molar-refractivity contribution in [2.24, 2.45) is 5.73 Å². The number of halogens is 2. The highest BCUT2D eigenvalue weighted by molar-refractivity contribution is 7.20. The van der Waals surface area contributed by atoms with Gasteiger partial charge < -0.3 is 5.73 Å². The van der Waals surface area contributed by atoms with Gasteiger partial charge in [-0.2, -0.15) is 5.48 Å². The first-order chi connectivity index (χ1) is 7.00. The van der Waals surface area contributed by atoms with Crippen LogP contribution in [0.4, 0.5) is 0 Å². The number of amides is 1. The van der Waals surface area contributed by atoms with Crippen molar-refractivity contribution in [1.29, 1.82) is 0 Å². The van der Waals surface area contributed by atoms with Crippen molar-refractivity contribution in [2.75, 3.05) is 6.61 Å². The summed E-state index contributed by atoms with van der Waals surface area (Å²) in [7, 11) is 0. The van der Waals surface area contributed by atoms with E-state index in [9.17, 15) is 4.79 Å². The number of nitrogens with one attached hydrogen (secondary N) is 1. The minimum atomic E-state index is -0.538. The lowest BCUT2D eigenvalue weighted by molar-refractivity contribution is -0.126. The van der Waals surface area contributed by atoms with Gasteiger partial charge in [-0.25, -0.2) is 0 Å². The summed E-state index contributed by atoms with van der Waals surface area (Å²) in [6.45, 7) is 1.66. The molecular formula is C8H10Cl2N2O2S. The molecular weight excluding hydrogens is 259 g/mol. The molecule has 3 N–H and O–H groups in total. The second-order valence-corrected chi connectivity index (χ2v) is 5.16. The quantitative estimate of drug-likeness (QED) is 0.805. The molecule has 1 aromatic heterocycles. The van der Waals surface area contributed by atoms with Crippen LogP contribution < -0.4 is 11.2 Å². The Kier molecular flexibility index (Phi) is 4.82. The third-order valence-corrected chi connectivity index (χ3v) is 3.14. The molecule has 84 valence electrons. The maximum absolute atomic E-state index is 10.4. The van der Waals surface area contributed by atoms with Crippen LogP contribution in [0.2, 0.25) is 8.67 Å². The Morgan fingerprint density at radius 2 is 2.40 bits per heavy atom. The van der Waals surface area contributed by atoms with Gasteiger partial charge in [0.25, 0.3) is 0 Å². The number of carbonyl (C=O) groups is 1. The predicted molar refractivity (Wildman–Crippen MR) is 61.0 cm³/mol. The van der Waals surface area contributed by atoms with Gasteiger partial charge in [0.1, 0.15) is 6.61 Å². The second kappa shape index (κ2) is 5.67. The largest absolute Gasteiger partial charge is 0.368 e. The normalized spacial score (nSPS) is 12.7. The highest BCUT2D eigenvalue weighted by Gasteiger charge is 2.13. The molecule has 0 aliphatic heterocycles. The van der Waals surface area contributed by atoms with Crippen LogP contribution in [-0.2, 0) is 9.63 Å². The van der Waals surface area contributed by atoms with Crippen molar-refractivity contribution in [3.05, 3.63) is 20.3 Å². The zero-order valence-corrected chi connectivity index (χ0v) is 10.2. The first kappa shape index (κ1) is 12.7. The number of rotatable bonds is 5. The molecule has 1 amide bonds. The van der Waals surface area contributed by atoms with Crippen LogP contribution in [0.15, 0.2) is 6.07 Å². The molecule has 0 aromatic carbocycles. The zero-order chi connectivity index (χ0) is 11.4. The molecule has 7 heteroatoms. The van der Waals surface area contributed by atoms with E-state index in [0.717, 1.165) is 5.56 Å². The van der Waals surface area contributed by atoms with Crippen LogP contribution >= 0.6 is 34.5 Å². The fourth-order valence-corrected chi connectivity index (χ4v) is 2.60. The number of hydrogen-bond acceptors (Lipinski definition) is 4. The molecule has 0 bridgehead atoms. The van der Waals surface area contributed by atoms with E-state index in [-0.39, 0.29) is 12.6 Å². The fourth-order valence-electron chi connectivity index (χ4n) is 0.949. The standard InChI is InChI=1S/C8H10Cl2N2O2S/c1-4(12-14-3-7(11)13)5-2-6(9)15-8(5)10/h2,4,12H,3H2,1H3,(H2,11,13). The molecule has 0 radical (unpaired) electrons. The zero-order valence-electron chi connectivity index (χ0n) is 7.92. The molecule has 0 spiro atoms. The number of carbonyl (C=O) groups excluding carboxylic acids is 1. The van der Waals surface area contributed by atoms with Gasteiger partial charge in [0, 0.05) is 5.56 Å². The minimum absolute atomic E-state index is 0.152. The Hall–Kier alpha value is -0.330.